The lowest BCUT2D eigenvalue weighted by molar-refractivity contribution is -0.137. The number of hydrogen-bond donors (Lipinski definition) is 0. The minimum absolute atomic E-state index is 0.124. The number of aromatic nitrogens is 2. The van der Waals surface area contributed by atoms with E-state index in [1.165, 1.54) is 24.3 Å². The number of halogens is 4. The maximum atomic E-state index is 14.0. The van der Waals surface area contributed by atoms with Crippen LogP contribution in [-0.4, -0.2) is 28.0 Å². The molecule has 0 N–H and O–H groups in total. The van der Waals surface area contributed by atoms with Gasteiger partial charge in [-0.2, -0.15) is 18.3 Å². The van der Waals surface area contributed by atoms with Crippen molar-refractivity contribution in [3.63, 3.8) is 0 Å². The van der Waals surface area contributed by atoms with Gasteiger partial charge in [-0.15, -0.1) is 0 Å². The summed E-state index contributed by atoms with van der Waals surface area (Å²) in [6, 6.07) is 19.2. The lowest BCUT2D eigenvalue weighted by atomic mass is 9.74. The van der Waals surface area contributed by atoms with E-state index in [0.717, 1.165) is 17.8 Å². The zero-order valence-corrected chi connectivity index (χ0v) is 21.2. The monoisotopic (exact) mass is 535 g/mol. The highest BCUT2D eigenvalue weighted by Gasteiger charge is 2.45. The van der Waals surface area contributed by atoms with Gasteiger partial charge < -0.3 is 0 Å². The molecule has 0 unspecified atom stereocenters. The van der Waals surface area contributed by atoms with Gasteiger partial charge in [-0.3, -0.25) is 14.5 Å². The number of aryl methyl sites for hydroxylation is 1. The summed E-state index contributed by atoms with van der Waals surface area (Å²) < 4.78 is 55.5. The van der Waals surface area contributed by atoms with Gasteiger partial charge in [-0.05, 0) is 55.8 Å². The van der Waals surface area contributed by atoms with Crippen molar-refractivity contribution in [2.24, 2.45) is 5.92 Å². The van der Waals surface area contributed by atoms with E-state index in [1.54, 1.807) is 21.7 Å². The van der Waals surface area contributed by atoms with Crippen LogP contribution in [0.15, 0.2) is 78.9 Å². The molecule has 1 aliphatic rings. The quantitative estimate of drug-likeness (QED) is 0.203. The van der Waals surface area contributed by atoms with E-state index in [1.807, 2.05) is 44.2 Å². The maximum absolute atomic E-state index is 14.0. The Bertz CT molecular complexity index is 1530. The number of carbonyl (C=O) groups is 2. The van der Waals surface area contributed by atoms with Crippen molar-refractivity contribution in [2.45, 2.75) is 32.4 Å². The fourth-order valence-corrected chi connectivity index (χ4v) is 5.31. The van der Waals surface area contributed by atoms with Crippen molar-refractivity contribution in [3.05, 3.63) is 113 Å². The van der Waals surface area contributed by atoms with Crippen LogP contribution in [0.5, 0.6) is 0 Å². The predicted octanol–water partition coefficient (Wildman–Crippen LogP) is 6.73. The summed E-state index contributed by atoms with van der Waals surface area (Å²) >= 11 is 0. The summed E-state index contributed by atoms with van der Waals surface area (Å²) in [5, 5.41) is 4.74. The smallest absolute Gasteiger partial charge is 0.296 e. The average Bonchev–Trinajstić information content (AvgIpc) is 3.26. The number of benzene rings is 3. The van der Waals surface area contributed by atoms with Crippen LogP contribution < -0.4 is 4.90 Å². The first-order valence-electron chi connectivity index (χ1n) is 12.5. The van der Waals surface area contributed by atoms with E-state index in [2.05, 4.69) is 0 Å². The molecule has 0 saturated heterocycles. The normalized spacial score (nSPS) is 17.3. The Labute approximate surface area is 222 Å². The molecule has 0 aliphatic carbocycles. The Morgan fingerprint density at radius 3 is 2.31 bits per heavy atom. The molecule has 0 spiro atoms. The van der Waals surface area contributed by atoms with E-state index in [0.29, 0.717) is 22.6 Å². The molecule has 9 heteroatoms. The third kappa shape index (κ3) is 4.84. The number of anilines is 1. The number of hydrogen-bond acceptors (Lipinski definition) is 3. The molecule has 200 valence electrons. The first-order chi connectivity index (χ1) is 18.6. The predicted molar refractivity (Wildman–Crippen MR) is 138 cm³/mol. The average molecular weight is 536 g/mol. The minimum atomic E-state index is -4.61. The largest absolute Gasteiger partial charge is 0.416 e. The highest BCUT2D eigenvalue weighted by atomic mass is 19.4. The van der Waals surface area contributed by atoms with Crippen molar-refractivity contribution in [2.75, 3.05) is 11.4 Å². The first kappa shape index (κ1) is 26.3. The molecule has 3 aromatic carbocycles. The minimum Gasteiger partial charge on any atom is -0.296 e. The Hall–Kier alpha value is -4.27. The molecule has 0 fully saturated rings. The van der Waals surface area contributed by atoms with Crippen LogP contribution in [0.1, 0.15) is 52.0 Å². The van der Waals surface area contributed by atoms with Crippen LogP contribution in [-0.2, 0) is 11.0 Å². The van der Waals surface area contributed by atoms with E-state index < -0.39 is 35.2 Å². The molecular weight excluding hydrogens is 510 g/mol. The van der Waals surface area contributed by atoms with Crippen molar-refractivity contribution in [3.8, 4) is 5.69 Å². The van der Waals surface area contributed by atoms with Crippen molar-refractivity contribution in [1.29, 1.82) is 0 Å². The summed E-state index contributed by atoms with van der Waals surface area (Å²) in [6.07, 6.45) is -4.93. The molecule has 5 nitrogen and oxygen atoms in total. The molecule has 0 saturated carbocycles. The summed E-state index contributed by atoms with van der Waals surface area (Å²) in [6.45, 7) is 3.90. The SMILES string of the molecule is CCN1C(=O)[C@@H](CC(=O)c2cccc(C(F)(F)F)c2)[C@@H](c2ccc(F)cc2)c2c(C)nn(-c3ccccc3)c21. The Balaban J connectivity index is 1.65. The van der Waals surface area contributed by atoms with Gasteiger partial charge in [-0.1, -0.05) is 42.5 Å². The highest BCUT2D eigenvalue weighted by molar-refractivity contribution is 6.04. The standard InChI is InChI=1S/C30H25F4N3O2/c1-3-36-28-26(18(2)35-37(28)23-10-5-4-6-11-23)27(19-12-14-22(31)15-13-19)24(29(36)39)17-25(38)20-8-7-9-21(16-20)30(32,33)34/h4-16,24,27H,3,17H2,1-2H3/t24-,27+/m0/s1. The topological polar surface area (TPSA) is 55.2 Å². The van der Waals surface area contributed by atoms with Crippen molar-refractivity contribution < 1.29 is 27.2 Å². The summed E-state index contributed by atoms with van der Waals surface area (Å²) in [7, 11) is 0. The first-order valence-corrected chi connectivity index (χ1v) is 12.5. The van der Waals surface area contributed by atoms with Gasteiger partial charge in [0.2, 0.25) is 5.91 Å². The molecule has 1 amide bonds. The molecule has 39 heavy (non-hydrogen) atoms. The lowest BCUT2D eigenvalue weighted by Gasteiger charge is -2.38. The number of amides is 1. The lowest BCUT2D eigenvalue weighted by Crippen LogP contribution is -2.45. The highest BCUT2D eigenvalue weighted by Crippen LogP contribution is 2.47. The second kappa shape index (κ2) is 10.1. The molecule has 0 radical (unpaired) electrons. The number of Topliss-reactive ketones (excluding diaryl/α,β-unsaturated/α-hetero) is 1. The molecular formula is C30H25F4N3O2. The zero-order chi connectivity index (χ0) is 27.9. The number of fused-ring (bicyclic) bond motifs is 1. The molecule has 5 rings (SSSR count). The number of para-hydroxylation sites is 1. The van der Waals surface area contributed by atoms with Gasteiger partial charge in [-0.25, -0.2) is 9.07 Å². The number of alkyl halides is 3. The Morgan fingerprint density at radius 1 is 0.974 bits per heavy atom. The number of ketones is 1. The van der Waals surface area contributed by atoms with Crippen molar-refractivity contribution in [1.82, 2.24) is 9.78 Å². The Kier molecular flexibility index (Phi) is 6.84. The van der Waals surface area contributed by atoms with E-state index in [4.69, 9.17) is 5.10 Å². The number of carbonyl (C=O) groups excluding carboxylic acids is 2. The van der Waals surface area contributed by atoms with Crippen LogP contribution in [0.4, 0.5) is 23.4 Å². The van der Waals surface area contributed by atoms with Crippen LogP contribution in [0.3, 0.4) is 0 Å². The third-order valence-electron chi connectivity index (χ3n) is 7.10. The van der Waals surface area contributed by atoms with Crippen molar-refractivity contribution >= 4 is 17.5 Å². The van der Waals surface area contributed by atoms with E-state index in [9.17, 15) is 27.2 Å². The van der Waals surface area contributed by atoms with Gasteiger partial charge in [0.15, 0.2) is 5.78 Å². The fraction of sp³-hybridized carbons (Fsp3) is 0.233. The van der Waals surface area contributed by atoms with Gasteiger partial charge in [0.05, 0.1) is 22.9 Å². The Morgan fingerprint density at radius 2 is 1.67 bits per heavy atom. The van der Waals surface area contributed by atoms with E-state index >= 15 is 0 Å². The van der Waals surface area contributed by atoms with Crippen LogP contribution in [0.25, 0.3) is 5.69 Å². The van der Waals surface area contributed by atoms with Crippen LogP contribution in [0.2, 0.25) is 0 Å². The number of nitrogens with zero attached hydrogens (tertiary/aromatic N) is 3. The maximum Gasteiger partial charge on any atom is 0.416 e. The third-order valence-corrected chi connectivity index (χ3v) is 7.10. The summed E-state index contributed by atoms with van der Waals surface area (Å²) in [5.74, 6) is -2.43. The molecule has 2 heterocycles. The summed E-state index contributed by atoms with van der Waals surface area (Å²) in [5.41, 5.74) is 1.64. The van der Waals surface area contributed by atoms with Gasteiger partial charge in [0.25, 0.3) is 0 Å². The molecule has 1 aromatic heterocycles. The fourth-order valence-electron chi connectivity index (χ4n) is 5.31. The molecule has 4 aromatic rings. The summed E-state index contributed by atoms with van der Waals surface area (Å²) in [4.78, 5) is 29.0. The van der Waals surface area contributed by atoms with Crippen LogP contribution in [0, 0.1) is 18.7 Å². The zero-order valence-electron chi connectivity index (χ0n) is 21.2. The molecule has 2 atom stereocenters. The van der Waals surface area contributed by atoms with Gasteiger partial charge >= 0.3 is 6.18 Å². The van der Waals surface area contributed by atoms with Gasteiger partial charge in [0, 0.05) is 30.0 Å². The second-order valence-electron chi connectivity index (χ2n) is 9.49. The van der Waals surface area contributed by atoms with Gasteiger partial charge in [0.1, 0.15) is 11.6 Å². The van der Waals surface area contributed by atoms with E-state index in [-0.39, 0.29) is 24.4 Å². The number of rotatable bonds is 6. The van der Waals surface area contributed by atoms with Crippen LogP contribution >= 0.6 is 0 Å². The second-order valence-corrected chi connectivity index (χ2v) is 9.49. The molecule has 1 aliphatic heterocycles. The molecule has 0 bridgehead atoms.